The quantitative estimate of drug-likeness (QED) is 0.796. The number of amides is 2. The second kappa shape index (κ2) is 7.22. The lowest BCUT2D eigenvalue weighted by Gasteiger charge is -2.19. The van der Waals surface area contributed by atoms with Gasteiger partial charge in [-0.3, -0.25) is 9.59 Å². The highest BCUT2D eigenvalue weighted by Gasteiger charge is 2.17. The number of anilines is 1. The van der Waals surface area contributed by atoms with E-state index in [2.05, 4.69) is 5.32 Å². The van der Waals surface area contributed by atoms with Gasteiger partial charge in [0, 0.05) is 25.2 Å². The maximum atomic E-state index is 11.9. The van der Waals surface area contributed by atoms with Crippen molar-refractivity contribution < 1.29 is 14.7 Å². The molecule has 0 spiro atoms. The molecule has 1 aliphatic heterocycles. The molecule has 0 radical (unpaired) electrons. The highest BCUT2D eigenvalue weighted by molar-refractivity contribution is 5.99. The van der Waals surface area contributed by atoms with Crippen LogP contribution in [0.3, 0.4) is 0 Å². The van der Waals surface area contributed by atoms with Gasteiger partial charge in [-0.15, -0.1) is 0 Å². The molecule has 2 amide bonds. The number of nitrogens with zero attached hydrogens (tertiary/aromatic N) is 1. The number of hydrogen-bond acceptors (Lipinski definition) is 3. The summed E-state index contributed by atoms with van der Waals surface area (Å²) in [6.45, 7) is 2.96. The Labute approximate surface area is 125 Å². The van der Waals surface area contributed by atoms with Gasteiger partial charge in [-0.2, -0.15) is 0 Å². The number of aliphatic hydroxyl groups excluding tert-OH is 1. The van der Waals surface area contributed by atoms with Gasteiger partial charge in [-0.25, -0.2) is 0 Å². The number of likely N-dealkylation sites (N-methyl/N-ethyl adjacent to an activating group) is 1. The number of nitrogens with one attached hydrogen (secondary N) is 1. The second-order valence-electron chi connectivity index (χ2n) is 5.27. The van der Waals surface area contributed by atoms with E-state index < -0.39 is 0 Å². The van der Waals surface area contributed by atoms with Crippen LogP contribution in [0.1, 0.15) is 30.9 Å². The Morgan fingerprint density at radius 1 is 1.43 bits per heavy atom. The average molecular weight is 290 g/mol. The van der Waals surface area contributed by atoms with E-state index in [9.17, 15) is 9.59 Å². The fourth-order valence-corrected chi connectivity index (χ4v) is 2.62. The fourth-order valence-electron chi connectivity index (χ4n) is 2.62. The summed E-state index contributed by atoms with van der Waals surface area (Å²) in [4.78, 5) is 24.9. The summed E-state index contributed by atoms with van der Waals surface area (Å²) < 4.78 is 0. The topological polar surface area (TPSA) is 69.6 Å². The molecule has 1 heterocycles. The van der Waals surface area contributed by atoms with Crippen LogP contribution in [0.4, 0.5) is 5.69 Å². The first-order valence-electron chi connectivity index (χ1n) is 7.44. The molecular weight excluding hydrogens is 268 g/mol. The van der Waals surface area contributed by atoms with E-state index in [1.54, 1.807) is 4.90 Å². The molecule has 5 nitrogen and oxygen atoms in total. The Balaban J connectivity index is 1.83. The zero-order valence-corrected chi connectivity index (χ0v) is 12.4. The number of carbonyl (C=O) groups is 2. The summed E-state index contributed by atoms with van der Waals surface area (Å²) in [5, 5.41) is 11.7. The van der Waals surface area contributed by atoms with Crippen molar-refractivity contribution >= 4 is 17.5 Å². The van der Waals surface area contributed by atoms with Crippen molar-refractivity contribution in [3.05, 3.63) is 29.3 Å². The molecule has 0 saturated carbocycles. The van der Waals surface area contributed by atoms with E-state index in [0.29, 0.717) is 25.9 Å². The second-order valence-corrected chi connectivity index (χ2v) is 5.27. The van der Waals surface area contributed by atoms with E-state index >= 15 is 0 Å². The Morgan fingerprint density at radius 2 is 2.24 bits per heavy atom. The van der Waals surface area contributed by atoms with Gasteiger partial charge in [0.15, 0.2) is 0 Å². The SMILES string of the molecule is CCN(CCO)C(=O)CCCc1ccc2c(c1)CC(=O)N2. The van der Waals surface area contributed by atoms with Gasteiger partial charge in [-0.1, -0.05) is 12.1 Å². The lowest BCUT2D eigenvalue weighted by molar-refractivity contribution is -0.131. The minimum absolute atomic E-state index is 0.00539. The highest BCUT2D eigenvalue weighted by atomic mass is 16.3. The van der Waals surface area contributed by atoms with Crippen molar-refractivity contribution in [1.82, 2.24) is 4.90 Å². The third-order valence-corrected chi connectivity index (χ3v) is 3.76. The molecule has 0 bridgehead atoms. The molecule has 1 aromatic rings. The molecule has 0 atom stereocenters. The van der Waals surface area contributed by atoms with Crippen LogP contribution >= 0.6 is 0 Å². The van der Waals surface area contributed by atoms with Gasteiger partial charge in [0.25, 0.3) is 0 Å². The molecule has 2 rings (SSSR count). The molecule has 114 valence electrons. The van der Waals surface area contributed by atoms with E-state index in [4.69, 9.17) is 5.11 Å². The summed E-state index contributed by atoms with van der Waals surface area (Å²) in [6, 6.07) is 5.98. The van der Waals surface area contributed by atoms with E-state index in [-0.39, 0.29) is 18.4 Å². The normalized spacial score (nSPS) is 13.0. The first kappa shape index (κ1) is 15.5. The lowest BCUT2D eigenvalue weighted by atomic mass is 10.0. The minimum Gasteiger partial charge on any atom is -0.395 e. The maximum absolute atomic E-state index is 11.9. The number of hydrogen-bond donors (Lipinski definition) is 2. The summed E-state index contributed by atoms with van der Waals surface area (Å²) in [7, 11) is 0. The van der Waals surface area contributed by atoms with Crippen molar-refractivity contribution in [2.75, 3.05) is 25.0 Å². The number of aryl methyl sites for hydroxylation is 1. The molecule has 21 heavy (non-hydrogen) atoms. The Bertz CT molecular complexity index is 528. The Kier molecular flexibility index (Phi) is 5.33. The summed E-state index contributed by atoms with van der Waals surface area (Å²) in [6.07, 6.45) is 2.54. The predicted octanol–water partition coefficient (Wildman–Crippen LogP) is 1.34. The van der Waals surface area contributed by atoms with Crippen molar-refractivity contribution in [3.8, 4) is 0 Å². The third-order valence-electron chi connectivity index (χ3n) is 3.76. The molecule has 0 aromatic heterocycles. The minimum atomic E-state index is 0.00539. The third kappa shape index (κ3) is 4.04. The number of rotatable bonds is 7. The largest absolute Gasteiger partial charge is 0.395 e. The molecule has 1 aliphatic rings. The molecule has 1 aromatic carbocycles. The molecule has 0 aliphatic carbocycles. The number of benzene rings is 1. The zero-order valence-electron chi connectivity index (χ0n) is 12.4. The van der Waals surface area contributed by atoms with Gasteiger partial charge in [0.05, 0.1) is 13.0 Å². The van der Waals surface area contributed by atoms with Crippen LogP contribution < -0.4 is 5.32 Å². The highest BCUT2D eigenvalue weighted by Crippen LogP contribution is 2.24. The molecule has 0 unspecified atom stereocenters. The van der Waals surface area contributed by atoms with Crippen LogP contribution in [0, 0.1) is 0 Å². The van der Waals surface area contributed by atoms with Gasteiger partial charge in [0.2, 0.25) is 11.8 Å². The summed E-state index contributed by atoms with van der Waals surface area (Å²) in [5.74, 6) is 0.129. The molecule has 2 N–H and O–H groups in total. The van der Waals surface area contributed by atoms with Crippen LogP contribution in [0.2, 0.25) is 0 Å². The standard InChI is InChI=1S/C16H22N2O3/c1-2-18(8-9-19)16(21)5-3-4-12-6-7-14-13(10-12)11-15(20)17-14/h6-7,10,19H,2-5,8-9,11H2,1H3,(H,17,20). The smallest absolute Gasteiger partial charge is 0.228 e. The zero-order chi connectivity index (χ0) is 15.2. The van der Waals surface area contributed by atoms with Crippen LogP contribution in [0.15, 0.2) is 18.2 Å². The van der Waals surface area contributed by atoms with Crippen molar-refractivity contribution in [2.24, 2.45) is 0 Å². The van der Waals surface area contributed by atoms with Gasteiger partial charge < -0.3 is 15.3 Å². The fraction of sp³-hybridized carbons (Fsp3) is 0.500. The molecule has 0 fully saturated rings. The van der Waals surface area contributed by atoms with E-state index in [0.717, 1.165) is 29.7 Å². The molecule has 0 saturated heterocycles. The Hall–Kier alpha value is -1.88. The van der Waals surface area contributed by atoms with E-state index in [1.165, 1.54) is 0 Å². The van der Waals surface area contributed by atoms with Crippen LogP contribution in [0.25, 0.3) is 0 Å². The lowest BCUT2D eigenvalue weighted by Crippen LogP contribution is -2.33. The monoisotopic (exact) mass is 290 g/mol. The predicted molar refractivity (Wildman–Crippen MR) is 81.1 cm³/mol. The van der Waals surface area contributed by atoms with E-state index in [1.807, 2.05) is 25.1 Å². The van der Waals surface area contributed by atoms with Crippen LogP contribution in [-0.4, -0.2) is 41.5 Å². The van der Waals surface area contributed by atoms with Crippen molar-refractivity contribution in [2.45, 2.75) is 32.6 Å². The summed E-state index contributed by atoms with van der Waals surface area (Å²) in [5.41, 5.74) is 3.10. The first-order chi connectivity index (χ1) is 10.1. The number of aliphatic hydroxyl groups is 1. The van der Waals surface area contributed by atoms with Gasteiger partial charge >= 0.3 is 0 Å². The average Bonchev–Trinajstić information content (AvgIpc) is 2.83. The summed E-state index contributed by atoms with van der Waals surface area (Å²) >= 11 is 0. The molecule has 5 heteroatoms. The van der Waals surface area contributed by atoms with Crippen molar-refractivity contribution in [1.29, 1.82) is 0 Å². The Morgan fingerprint density at radius 3 is 2.95 bits per heavy atom. The van der Waals surface area contributed by atoms with Crippen LogP contribution in [-0.2, 0) is 22.4 Å². The maximum Gasteiger partial charge on any atom is 0.228 e. The molecular formula is C16H22N2O3. The first-order valence-corrected chi connectivity index (χ1v) is 7.44. The number of fused-ring (bicyclic) bond motifs is 1. The van der Waals surface area contributed by atoms with Gasteiger partial charge in [-0.05, 0) is 37.0 Å². The van der Waals surface area contributed by atoms with Crippen molar-refractivity contribution in [3.63, 3.8) is 0 Å². The number of carbonyl (C=O) groups excluding carboxylic acids is 2. The van der Waals surface area contributed by atoms with Crippen LogP contribution in [0.5, 0.6) is 0 Å². The van der Waals surface area contributed by atoms with Gasteiger partial charge in [0.1, 0.15) is 0 Å².